The summed E-state index contributed by atoms with van der Waals surface area (Å²) in [6.45, 7) is 2.06. The Morgan fingerprint density at radius 1 is 1.24 bits per heavy atom. The molecule has 0 bridgehead atoms. The van der Waals surface area contributed by atoms with E-state index >= 15 is 0 Å². The molecule has 0 aliphatic rings. The Hall–Kier alpha value is -1.47. The predicted molar refractivity (Wildman–Crippen MR) is 75.1 cm³/mol. The molecule has 114 valence electrons. The first-order valence-corrected chi connectivity index (χ1v) is 8.36. The van der Waals surface area contributed by atoms with Gasteiger partial charge in [0.1, 0.15) is 11.4 Å². The van der Waals surface area contributed by atoms with Crippen LogP contribution in [0.2, 0.25) is 0 Å². The summed E-state index contributed by atoms with van der Waals surface area (Å²) in [7, 11) is 1.28. The molecule has 0 atom stereocenters. The molecule has 0 saturated carbocycles. The van der Waals surface area contributed by atoms with E-state index in [1.165, 1.54) is 38.1 Å². The van der Waals surface area contributed by atoms with Crippen molar-refractivity contribution in [2.75, 3.05) is 0 Å². The van der Waals surface area contributed by atoms with E-state index < -0.39 is 21.5 Å². The molecule has 0 radical (unpaired) electrons. The molecule has 0 aliphatic heterocycles. The summed E-state index contributed by atoms with van der Waals surface area (Å²) in [6.07, 6.45) is 0. The molecule has 0 fully saturated rings. The van der Waals surface area contributed by atoms with Gasteiger partial charge in [0.05, 0.1) is 11.4 Å². The van der Waals surface area contributed by atoms with Crippen molar-refractivity contribution in [2.45, 2.75) is 31.2 Å². The number of rotatable bonds is 4. The second-order valence-electron chi connectivity index (χ2n) is 4.67. The Morgan fingerprint density at radius 2 is 1.81 bits per heavy atom. The molecule has 1 aromatic heterocycles. The monoisotopic (exact) mass is 334 g/mol. The fourth-order valence-electron chi connectivity index (χ4n) is 2.15. The Bertz CT molecular complexity index is 758. The lowest BCUT2D eigenvalue weighted by Gasteiger charge is -2.17. The van der Waals surface area contributed by atoms with E-state index in [1.807, 2.05) is 0 Å². The van der Waals surface area contributed by atoms with Crippen molar-refractivity contribution in [3.63, 3.8) is 0 Å². The first-order chi connectivity index (χ1) is 9.63. The average Bonchev–Trinajstić information content (AvgIpc) is 2.64. The van der Waals surface area contributed by atoms with E-state index in [0.717, 1.165) is 4.68 Å². The van der Waals surface area contributed by atoms with Gasteiger partial charge in [-0.15, -0.1) is 0 Å². The highest BCUT2D eigenvalue weighted by molar-refractivity contribution is 8.13. The summed E-state index contributed by atoms with van der Waals surface area (Å²) in [5.74, 6) is -3.17. The third-order valence-corrected chi connectivity index (χ3v) is 4.64. The molecule has 0 N–H and O–H groups in total. The molecule has 0 unspecified atom stereocenters. The number of benzene rings is 1. The van der Waals surface area contributed by atoms with Gasteiger partial charge in [-0.05, 0) is 13.8 Å². The van der Waals surface area contributed by atoms with Crippen LogP contribution in [0.4, 0.5) is 8.78 Å². The molecule has 0 spiro atoms. The quantitative estimate of drug-likeness (QED) is 0.807. The van der Waals surface area contributed by atoms with Crippen molar-refractivity contribution in [3.05, 3.63) is 47.3 Å². The summed E-state index contributed by atoms with van der Waals surface area (Å²) >= 11 is 0. The van der Waals surface area contributed by atoms with Gasteiger partial charge < -0.3 is 0 Å². The molecular formula is C13H13ClF2N2O2S. The fourth-order valence-corrected chi connectivity index (χ4v) is 3.67. The van der Waals surface area contributed by atoms with Crippen molar-refractivity contribution in [2.24, 2.45) is 0 Å². The van der Waals surface area contributed by atoms with E-state index in [-0.39, 0.29) is 21.8 Å². The van der Waals surface area contributed by atoms with E-state index in [0.29, 0.717) is 0 Å². The molecule has 0 saturated heterocycles. The van der Waals surface area contributed by atoms with Crippen molar-refractivity contribution >= 4 is 19.7 Å². The van der Waals surface area contributed by atoms with E-state index in [2.05, 4.69) is 5.10 Å². The van der Waals surface area contributed by atoms with Gasteiger partial charge in [-0.1, -0.05) is 30.3 Å². The minimum Gasteiger partial charge on any atom is -0.262 e. The second-order valence-corrected chi connectivity index (χ2v) is 7.17. The van der Waals surface area contributed by atoms with Crippen LogP contribution in [0.5, 0.6) is 0 Å². The van der Waals surface area contributed by atoms with Crippen LogP contribution in [-0.4, -0.2) is 18.2 Å². The zero-order chi connectivity index (χ0) is 15.8. The van der Waals surface area contributed by atoms with Gasteiger partial charge in [0.15, 0.2) is 0 Å². The Balaban J connectivity index is 2.42. The highest BCUT2D eigenvalue weighted by Gasteiger charge is 2.34. The molecule has 2 rings (SSSR count). The van der Waals surface area contributed by atoms with Crippen LogP contribution in [0.15, 0.2) is 35.2 Å². The summed E-state index contributed by atoms with van der Waals surface area (Å²) in [5, 5.41) is 3.86. The number of alkyl halides is 2. The first-order valence-electron chi connectivity index (χ1n) is 6.05. The topological polar surface area (TPSA) is 52.0 Å². The van der Waals surface area contributed by atoms with Crippen molar-refractivity contribution < 1.29 is 17.2 Å². The van der Waals surface area contributed by atoms with E-state index in [9.17, 15) is 17.2 Å². The number of aromatic nitrogens is 2. The van der Waals surface area contributed by atoms with Gasteiger partial charge in [-0.2, -0.15) is 13.9 Å². The zero-order valence-corrected chi connectivity index (χ0v) is 12.9. The van der Waals surface area contributed by atoms with Gasteiger partial charge in [0.2, 0.25) is 0 Å². The molecule has 0 aliphatic carbocycles. The lowest BCUT2D eigenvalue weighted by molar-refractivity contribution is -0.0260. The number of hydrogen-bond acceptors (Lipinski definition) is 3. The van der Waals surface area contributed by atoms with Gasteiger partial charge in [0, 0.05) is 16.2 Å². The molecule has 1 heterocycles. The maximum atomic E-state index is 14.2. The van der Waals surface area contributed by atoms with Gasteiger partial charge in [-0.25, -0.2) is 8.42 Å². The molecule has 8 heteroatoms. The minimum absolute atomic E-state index is 0.0955. The van der Waals surface area contributed by atoms with Gasteiger partial charge >= 0.3 is 0 Å². The smallest absolute Gasteiger partial charge is 0.262 e. The number of nitrogens with zero attached hydrogens (tertiary/aromatic N) is 2. The Kier molecular flexibility index (Phi) is 4.08. The predicted octanol–water partition coefficient (Wildman–Crippen LogP) is 3.22. The normalized spacial score (nSPS) is 12.6. The van der Waals surface area contributed by atoms with Crippen LogP contribution >= 0.6 is 10.7 Å². The van der Waals surface area contributed by atoms with Gasteiger partial charge in [0.25, 0.3) is 15.0 Å². The standard InChI is InChI=1S/C13H13ClF2N2O2S/c1-9-12(21(14,19)20)10(2)18(17-9)8-13(15,16)11-6-4-3-5-7-11/h3-7H,8H2,1-2H3. The second kappa shape index (κ2) is 5.38. The molecule has 21 heavy (non-hydrogen) atoms. The van der Waals surface area contributed by atoms with Crippen molar-refractivity contribution in [1.82, 2.24) is 9.78 Å². The summed E-state index contributed by atoms with van der Waals surface area (Å²) in [6, 6.07) is 7.29. The highest BCUT2D eigenvalue weighted by Crippen LogP contribution is 2.31. The lowest BCUT2D eigenvalue weighted by Crippen LogP contribution is -2.23. The van der Waals surface area contributed by atoms with Crippen LogP contribution in [0.3, 0.4) is 0 Å². The van der Waals surface area contributed by atoms with E-state index in [4.69, 9.17) is 10.7 Å². The third-order valence-electron chi connectivity index (χ3n) is 3.10. The summed E-state index contributed by atoms with van der Waals surface area (Å²) in [4.78, 5) is -0.215. The Labute approximate surface area is 125 Å². The number of halogens is 3. The van der Waals surface area contributed by atoms with Crippen LogP contribution in [0, 0.1) is 13.8 Å². The summed E-state index contributed by atoms with van der Waals surface area (Å²) < 4.78 is 52.3. The minimum atomic E-state index is -4.02. The van der Waals surface area contributed by atoms with E-state index in [1.54, 1.807) is 6.07 Å². The van der Waals surface area contributed by atoms with Crippen LogP contribution in [0.25, 0.3) is 0 Å². The van der Waals surface area contributed by atoms with Crippen LogP contribution in [0.1, 0.15) is 17.0 Å². The largest absolute Gasteiger partial charge is 0.292 e. The van der Waals surface area contributed by atoms with Crippen molar-refractivity contribution in [3.8, 4) is 0 Å². The number of hydrogen-bond donors (Lipinski definition) is 0. The van der Waals surface area contributed by atoms with Crippen LogP contribution in [-0.2, 0) is 21.5 Å². The summed E-state index contributed by atoms with van der Waals surface area (Å²) in [5.41, 5.74) is 0.0392. The van der Waals surface area contributed by atoms with Crippen LogP contribution < -0.4 is 0 Å². The lowest BCUT2D eigenvalue weighted by atomic mass is 10.1. The maximum absolute atomic E-state index is 14.2. The first kappa shape index (κ1) is 15.9. The molecule has 1 aromatic carbocycles. The highest BCUT2D eigenvalue weighted by atomic mass is 35.7. The maximum Gasteiger partial charge on any atom is 0.292 e. The average molecular weight is 335 g/mol. The van der Waals surface area contributed by atoms with Crippen molar-refractivity contribution in [1.29, 1.82) is 0 Å². The molecule has 0 amide bonds. The fraction of sp³-hybridized carbons (Fsp3) is 0.308. The number of aryl methyl sites for hydroxylation is 1. The zero-order valence-electron chi connectivity index (χ0n) is 11.3. The van der Waals surface area contributed by atoms with Gasteiger partial charge in [-0.3, -0.25) is 4.68 Å². The Morgan fingerprint density at radius 3 is 2.29 bits per heavy atom. The molecule has 4 nitrogen and oxygen atoms in total. The molecule has 2 aromatic rings. The molecular weight excluding hydrogens is 322 g/mol. The SMILES string of the molecule is Cc1nn(CC(F)(F)c2ccccc2)c(C)c1S(=O)(=O)Cl. The third kappa shape index (κ3) is 3.24.